The van der Waals surface area contributed by atoms with E-state index in [0.717, 1.165) is 30.6 Å². The lowest BCUT2D eigenvalue weighted by molar-refractivity contribution is 0.0950. The van der Waals surface area contributed by atoms with Gasteiger partial charge in [-0.2, -0.15) is 4.31 Å². The van der Waals surface area contributed by atoms with E-state index in [0.29, 0.717) is 18.7 Å². The second-order valence-corrected chi connectivity index (χ2v) is 8.91. The van der Waals surface area contributed by atoms with Crippen LogP contribution < -0.4 is 10.1 Å². The third kappa shape index (κ3) is 4.54. The molecule has 2 aromatic carbocycles. The molecule has 0 bridgehead atoms. The lowest BCUT2D eigenvalue weighted by atomic mass is 10.1. The first-order valence-electron chi connectivity index (χ1n) is 9.45. The SMILES string of the molecule is COc1cccc(CNC(=O)c2cccc(S(=O)(=O)N3CCCC[C@H]3C)c2)c1. The van der Waals surface area contributed by atoms with E-state index in [1.165, 1.54) is 6.07 Å². The highest BCUT2D eigenvalue weighted by atomic mass is 32.2. The van der Waals surface area contributed by atoms with Crippen LogP contribution in [0.4, 0.5) is 0 Å². The normalized spacial score (nSPS) is 17.9. The summed E-state index contributed by atoms with van der Waals surface area (Å²) >= 11 is 0. The molecule has 1 saturated heterocycles. The summed E-state index contributed by atoms with van der Waals surface area (Å²) in [5.74, 6) is 0.405. The van der Waals surface area contributed by atoms with E-state index in [1.807, 2.05) is 31.2 Å². The number of ether oxygens (including phenoxy) is 1. The van der Waals surface area contributed by atoms with Gasteiger partial charge in [0.05, 0.1) is 12.0 Å². The largest absolute Gasteiger partial charge is 0.497 e. The number of nitrogens with one attached hydrogen (secondary N) is 1. The molecule has 1 atom stereocenters. The van der Waals surface area contributed by atoms with Gasteiger partial charge < -0.3 is 10.1 Å². The zero-order valence-electron chi connectivity index (χ0n) is 16.2. The highest BCUT2D eigenvalue weighted by molar-refractivity contribution is 7.89. The van der Waals surface area contributed by atoms with Gasteiger partial charge in [0, 0.05) is 24.7 Å². The monoisotopic (exact) mass is 402 g/mol. The second kappa shape index (κ2) is 8.75. The van der Waals surface area contributed by atoms with Gasteiger partial charge in [0.25, 0.3) is 5.91 Å². The molecular formula is C21H26N2O4S. The fourth-order valence-electron chi connectivity index (χ4n) is 3.43. The van der Waals surface area contributed by atoms with Gasteiger partial charge in [0.1, 0.15) is 5.75 Å². The molecule has 0 radical (unpaired) electrons. The van der Waals surface area contributed by atoms with Gasteiger partial charge in [-0.1, -0.05) is 24.6 Å². The summed E-state index contributed by atoms with van der Waals surface area (Å²) < 4.78 is 32.7. The van der Waals surface area contributed by atoms with E-state index in [9.17, 15) is 13.2 Å². The quantitative estimate of drug-likeness (QED) is 0.805. The van der Waals surface area contributed by atoms with Crippen LogP contribution in [0, 0.1) is 0 Å². The highest BCUT2D eigenvalue weighted by Crippen LogP contribution is 2.25. The molecule has 1 fully saturated rings. The molecule has 1 heterocycles. The van der Waals surface area contributed by atoms with Crippen LogP contribution in [0.25, 0.3) is 0 Å². The molecule has 28 heavy (non-hydrogen) atoms. The molecule has 0 spiro atoms. The average molecular weight is 403 g/mol. The van der Waals surface area contributed by atoms with Gasteiger partial charge in [0.2, 0.25) is 10.0 Å². The number of rotatable bonds is 6. The minimum absolute atomic E-state index is 0.0238. The molecule has 2 aromatic rings. The Morgan fingerprint density at radius 1 is 1.18 bits per heavy atom. The number of hydrogen-bond acceptors (Lipinski definition) is 4. The predicted molar refractivity (Wildman–Crippen MR) is 108 cm³/mol. The molecule has 150 valence electrons. The zero-order valence-corrected chi connectivity index (χ0v) is 17.0. The maximum atomic E-state index is 13.0. The van der Waals surface area contributed by atoms with Crippen LogP contribution in [0.5, 0.6) is 5.75 Å². The van der Waals surface area contributed by atoms with Crippen molar-refractivity contribution in [3.8, 4) is 5.75 Å². The van der Waals surface area contributed by atoms with E-state index in [4.69, 9.17) is 4.74 Å². The summed E-state index contributed by atoms with van der Waals surface area (Å²) in [7, 11) is -2.02. The molecule has 7 heteroatoms. The number of amides is 1. The number of nitrogens with zero attached hydrogens (tertiary/aromatic N) is 1. The van der Waals surface area contributed by atoms with Crippen molar-refractivity contribution >= 4 is 15.9 Å². The van der Waals surface area contributed by atoms with Crippen LogP contribution in [-0.2, 0) is 16.6 Å². The van der Waals surface area contributed by atoms with Crippen LogP contribution >= 0.6 is 0 Å². The minimum atomic E-state index is -3.61. The Balaban J connectivity index is 1.74. The Labute approximate surface area is 166 Å². The average Bonchev–Trinajstić information content (AvgIpc) is 2.72. The molecule has 0 unspecified atom stereocenters. The summed E-state index contributed by atoms with van der Waals surface area (Å²) in [6.07, 6.45) is 2.77. The van der Waals surface area contributed by atoms with Crippen LogP contribution in [0.2, 0.25) is 0 Å². The smallest absolute Gasteiger partial charge is 0.251 e. The summed E-state index contributed by atoms with van der Waals surface area (Å²) in [6.45, 7) is 2.79. The number of carbonyl (C=O) groups is 1. The lowest BCUT2D eigenvalue weighted by Gasteiger charge is -2.32. The minimum Gasteiger partial charge on any atom is -0.497 e. The van der Waals surface area contributed by atoms with Gasteiger partial charge in [0.15, 0.2) is 0 Å². The Morgan fingerprint density at radius 3 is 2.71 bits per heavy atom. The Kier molecular flexibility index (Phi) is 6.36. The number of hydrogen-bond donors (Lipinski definition) is 1. The van der Waals surface area contributed by atoms with Crippen molar-refractivity contribution in [2.24, 2.45) is 0 Å². The van der Waals surface area contributed by atoms with Crippen LogP contribution in [-0.4, -0.2) is 38.3 Å². The molecule has 0 saturated carbocycles. The van der Waals surface area contributed by atoms with Gasteiger partial charge in [-0.05, 0) is 55.7 Å². The number of benzene rings is 2. The molecule has 1 N–H and O–H groups in total. The van der Waals surface area contributed by atoms with E-state index < -0.39 is 10.0 Å². The number of carbonyl (C=O) groups excluding carboxylic acids is 1. The predicted octanol–water partition coefficient (Wildman–Crippen LogP) is 3.19. The van der Waals surface area contributed by atoms with Gasteiger partial charge in [-0.25, -0.2) is 8.42 Å². The summed E-state index contributed by atoms with van der Waals surface area (Å²) in [4.78, 5) is 12.7. The standard InChI is InChI=1S/C21H26N2O4S/c1-16-7-3-4-12-23(16)28(25,26)20-11-6-9-18(14-20)21(24)22-15-17-8-5-10-19(13-17)27-2/h5-6,8-11,13-14,16H,3-4,7,12,15H2,1-2H3,(H,22,24)/t16-/m1/s1. The summed E-state index contributed by atoms with van der Waals surface area (Å²) in [5, 5.41) is 2.83. The molecular weight excluding hydrogens is 376 g/mol. The maximum absolute atomic E-state index is 13.0. The van der Waals surface area contributed by atoms with Crippen molar-refractivity contribution < 1.29 is 17.9 Å². The summed E-state index contributed by atoms with van der Waals surface area (Å²) in [5.41, 5.74) is 1.23. The van der Waals surface area contributed by atoms with Crippen LogP contribution in [0.3, 0.4) is 0 Å². The first kappa shape index (κ1) is 20.4. The molecule has 1 aliphatic rings. The van der Waals surface area contributed by atoms with E-state index >= 15 is 0 Å². The Morgan fingerprint density at radius 2 is 1.96 bits per heavy atom. The molecule has 3 rings (SSSR count). The maximum Gasteiger partial charge on any atom is 0.251 e. The lowest BCUT2D eigenvalue weighted by Crippen LogP contribution is -2.42. The summed E-state index contributed by atoms with van der Waals surface area (Å²) in [6, 6.07) is 13.6. The van der Waals surface area contributed by atoms with Gasteiger partial charge in [-0.3, -0.25) is 4.79 Å². The van der Waals surface area contributed by atoms with Crippen molar-refractivity contribution in [2.75, 3.05) is 13.7 Å². The van der Waals surface area contributed by atoms with Crippen LogP contribution in [0.1, 0.15) is 42.1 Å². The fraction of sp³-hybridized carbons (Fsp3) is 0.381. The molecule has 1 aliphatic heterocycles. The Hall–Kier alpha value is -2.38. The fourth-order valence-corrected chi connectivity index (χ4v) is 5.17. The van der Waals surface area contributed by atoms with Crippen LogP contribution in [0.15, 0.2) is 53.4 Å². The third-order valence-corrected chi connectivity index (χ3v) is 7.04. The molecule has 0 aromatic heterocycles. The van der Waals surface area contributed by atoms with Gasteiger partial charge >= 0.3 is 0 Å². The van der Waals surface area contributed by atoms with Crippen molar-refractivity contribution in [2.45, 2.75) is 43.7 Å². The van der Waals surface area contributed by atoms with E-state index in [-0.39, 0.29) is 16.8 Å². The molecule has 0 aliphatic carbocycles. The number of sulfonamides is 1. The van der Waals surface area contributed by atoms with Crippen molar-refractivity contribution in [3.63, 3.8) is 0 Å². The topological polar surface area (TPSA) is 75.7 Å². The third-order valence-electron chi connectivity index (χ3n) is 5.03. The first-order valence-corrected chi connectivity index (χ1v) is 10.9. The van der Waals surface area contributed by atoms with E-state index in [2.05, 4.69) is 5.32 Å². The first-order chi connectivity index (χ1) is 13.4. The van der Waals surface area contributed by atoms with E-state index in [1.54, 1.807) is 29.6 Å². The van der Waals surface area contributed by atoms with Crippen molar-refractivity contribution in [3.05, 3.63) is 59.7 Å². The van der Waals surface area contributed by atoms with Crippen molar-refractivity contribution in [1.29, 1.82) is 0 Å². The zero-order chi connectivity index (χ0) is 20.1. The van der Waals surface area contributed by atoms with Gasteiger partial charge in [-0.15, -0.1) is 0 Å². The Bertz CT molecular complexity index is 943. The molecule has 1 amide bonds. The number of methoxy groups -OCH3 is 1. The highest BCUT2D eigenvalue weighted by Gasteiger charge is 2.31. The molecule has 6 nitrogen and oxygen atoms in total. The second-order valence-electron chi connectivity index (χ2n) is 7.02. The number of piperidine rings is 1. The van der Waals surface area contributed by atoms with Crippen molar-refractivity contribution in [1.82, 2.24) is 9.62 Å².